The van der Waals surface area contributed by atoms with Gasteiger partial charge in [-0.3, -0.25) is 4.98 Å². The van der Waals surface area contributed by atoms with E-state index in [9.17, 15) is 0 Å². The lowest BCUT2D eigenvalue weighted by Crippen LogP contribution is -1.82. The molecule has 1 saturated carbocycles. The van der Waals surface area contributed by atoms with Crippen LogP contribution >= 0.6 is 11.6 Å². The van der Waals surface area contributed by atoms with Gasteiger partial charge in [0, 0.05) is 22.8 Å². The second-order valence-electron chi connectivity index (χ2n) is 2.67. The first-order valence-corrected chi connectivity index (χ1v) is 3.85. The number of rotatable bonds is 1. The molecule has 1 aliphatic rings. The zero-order valence-electron chi connectivity index (χ0n) is 5.55. The number of hydrogen-bond donors (Lipinski definition) is 0. The molecule has 52 valence electrons. The molecule has 0 bridgehead atoms. The second kappa shape index (κ2) is 2.24. The zero-order chi connectivity index (χ0) is 6.97. The van der Waals surface area contributed by atoms with E-state index in [1.807, 2.05) is 12.1 Å². The van der Waals surface area contributed by atoms with Gasteiger partial charge in [-0.05, 0) is 25.0 Å². The van der Waals surface area contributed by atoms with E-state index in [1.165, 1.54) is 12.8 Å². The molecule has 1 aromatic heterocycles. The van der Waals surface area contributed by atoms with Crippen molar-refractivity contribution >= 4 is 11.6 Å². The zero-order valence-corrected chi connectivity index (χ0v) is 6.30. The molecule has 1 aromatic rings. The fraction of sp³-hybridized carbons (Fsp3) is 0.375. The van der Waals surface area contributed by atoms with Gasteiger partial charge < -0.3 is 0 Å². The van der Waals surface area contributed by atoms with Crippen molar-refractivity contribution in [1.29, 1.82) is 0 Å². The van der Waals surface area contributed by atoms with Gasteiger partial charge >= 0.3 is 0 Å². The molecule has 0 N–H and O–H groups in total. The highest BCUT2D eigenvalue weighted by Gasteiger charge is 2.24. The standard InChI is InChI=1S/C8H8ClN/c9-7-3-4-10-8(5-7)6-1-2-6/h3-6H,1-2H2. The molecule has 1 fully saturated rings. The molecule has 1 heterocycles. The van der Waals surface area contributed by atoms with Crippen molar-refractivity contribution in [2.24, 2.45) is 0 Å². The number of hydrogen-bond acceptors (Lipinski definition) is 1. The third-order valence-electron chi connectivity index (χ3n) is 1.74. The molecule has 0 unspecified atom stereocenters. The minimum absolute atomic E-state index is 0.707. The first kappa shape index (κ1) is 6.17. The molecule has 0 atom stereocenters. The Morgan fingerprint density at radius 1 is 1.50 bits per heavy atom. The largest absolute Gasteiger partial charge is 0.261 e. The molecule has 1 nitrogen and oxygen atoms in total. The lowest BCUT2D eigenvalue weighted by molar-refractivity contribution is 1.02. The summed E-state index contributed by atoms with van der Waals surface area (Å²) >= 11 is 5.78. The van der Waals surface area contributed by atoms with E-state index in [0.717, 1.165) is 10.7 Å². The van der Waals surface area contributed by atoms with Crippen LogP contribution in [0.2, 0.25) is 5.02 Å². The summed E-state index contributed by atoms with van der Waals surface area (Å²) in [4.78, 5) is 4.22. The predicted molar refractivity (Wildman–Crippen MR) is 41.2 cm³/mol. The van der Waals surface area contributed by atoms with Crippen molar-refractivity contribution in [3.8, 4) is 0 Å². The number of halogens is 1. The van der Waals surface area contributed by atoms with Crippen LogP contribution in [0.5, 0.6) is 0 Å². The fourth-order valence-corrected chi connectivity index (χ4v) is 1.19. The van der Waals surface area contributed by atoms with E-state index in [0.29, 0.717) is 5.92 Å². The van der Waals surface area contributed by atoms with Gasteiger partial charge in [0.15, 0.2) is 0 Å². The Balaban J connectivity index is 2.32. The first-order valence-electron chi connectivity index (χ1n) is 3.48. The van der Waals surface area contributed by atoms with E-state index in [4.69, 9.17) is 11.6 Å². The Hall–Kier alpha value is -0.560. The van der Waals surface area contributed by atoms with Crippen LogP contribution in [0, 0.1) is 0 Å². The van der Waals surface area contributed by atoms with Crippen LogP contribution in [0.3, 0.4) is 0 Å². The number of pyridine rings is 1. The van der Waals surface area contributed by atoms with Crippen molar-refractivity contribution in [2.75, 3.05) is 0 Å². The van der Waals surface area contributed by atoms with Crippen LogP contribution in [-0.4, -0.2) is 4.98 Å². The normalized spacial score (nSPS) is 17.3. The Morgan fingerprint density at radius 3 is 2.90 bits per heavy atom. The summed E-state index contributed by atoms with van der Waals surface area (Å²) in [6.45, 7) is 0. The van der Waals surface area contributed by atoms with Crippen LogP contribution in [-0.2, 0) is 0 Å². The van der Waals surface area contributed by atoms with Crippen LogP contribution in [0.25, 0.3) is 0 Å². The van der Waals surface area contributed by atoms with Gasteiger partial charge in [0.1, 0.15) is 0 Å². The third kappa shape index (κ3) is 1.14. The van der Waals surface area contributed by atoms with Crippen molar-refractivity contribution in [2.45, 2.75) is 18.8 Å². The van der Waals surface area contributed by atoms with Crippen molar-refractivity contribution in [3.05, 3.63) is 29.0 Å². The Kier molecular flexibility index (Phi) is 1.38. The Labute approximate surface area is 65.0 Å². The van der Waals surface area contributed by atoms with Gasteiger partial charge in [-0.2, -0.15) is 0 Å². The lowest BCUT2D eigenvalue weighted by Gasteiger charge is -1.94. The van der Waals surface area contributed by atoms with Crippen LogP contribution < -0.4 is 0 Å². The maximum atomic E-state index is 5.78. The topological polar surface area (TPSA) is 12.9 Å². The number of aromatic nitrogens is 1. The molecule has 0 amide bonds. The lowest BCUT2D eigenvalue weighted by atomic mass is 10.2. The molecule has 2 rings (SSSR count). The van der Waals surface area contributed by atoms with Gasteiger partial charge in [0.2, 0.25) is 0 Å². The van der Waals surface area contributed by atoms with Crippen molar-refractivity contribution in [3.63, 3.8) is 0 Å². The molecule has 0 radical (unpaired) electrons. The third-order valence-corrected chi connectivity index (χ3v) is 1.97. The minimum atomic E-state index is 0.707. The quantitative estimate of drug-likeness (QED) is 0.605. The monoisotopic (exact) mass is 153 g/mol. The summed E-state index contributed by atoms with van der Waals surface area (Å²) in [5.74, 6) is 0.707. The van der Waals surface area contributed by atoms with E-state index >= 15 is 0 Å². The van der Waals surface area contributed by atoms with E-state index in [1.54, 1.807) is 6.20 Å². The molecule has 0 saturated heterocycles. The Bertz CT molecular complexity index is 243. The van der Waals surface area contributed by atoms with E-state index in [2.05, 4.69) is 4.98 Å². The summed E-state index contributed by atoms with van der Waals surface area (Å²) in [5.41, 5.74) is 1.16. The summed E-state index contributed by atoms with van der Waals surface area (Å²) in [6.07, 6.45) is 4.34. The summed E-state index contributed by atoms with van der Waals surface area (Å²) < 4.78 is 0. The van der Waals surface area contributed by atoms with Gasteiger partial charge in [0.05, 0.1) is 0 Å². The van der Waals surface area contributed by atoms with Crippen molar-refractivity contribution in [1.82, 2.24) is 4.98 Å². The summed E-state index contributed by atoms with van der Waals surface area (Å²) in [5, 5.41) is 0.803. The smallest absolute Gasteiger partial charge is 0.0449 e. The molecule has 10 heavy (non-hydrogen) atoms. The fourth-order valence-electron chi connectivity index (χ4n) is 1.02. The predicted octanol–water partition coefficient (Wildman–Crippen LogP) is 2.61. The van der Waals surface area contributed by atoms with Gasteiger partial charge in [0.25, 0.3) is 0 Å². The highest BCUT2D eigenvalue weighted by molar-refractivity contribution is 6.30. The molecule has 0 spiro atoms. The maximum absolute atomic E-state index is 5.78. The molecule has 0 aliphatic heterocycles. The molecule has 1 aliphatic carbocycles. The van der Waals surface area contributed by atoms with Crippen LogP contribution in [0.4, 0.5) is 0 Å². The van der Waals surface area contributed by atoms with Crippen LogP contribution in [0.1, 0.15) is 24.5 Å². The molecular formula is C8H8ClN. The summed E-state index contributed by atoms with van der Waals surface area (Å²) in [7, 11) is 0. The number of nitrogens with zero attached hydrogens (tertiary/aromatic N) is 1. The SMILES string of the molecule is Clc1ccnc(C2CC2)c1. The first-order chi connectivity index (χ1) is 4.86. The van der Waals surface area contributed by atoms with E-state index in [-0.39, 0.29) is 0 Å². The second-order valence-corrected chi connectivity index (χ2v) is 3.11. The van der Waals surface area contributed by atoms with Gasteiger partial charge in [-0.25, -0.2) is 0 Å². The highest BCUT2D eigenvalue weighted by atomic mass is 35.5. The maximum Gasteiger partial charge on any atom is 0.0449 e. The van der Waals surface area contributed by atoms with Crippen LogP contribution in [0.15, 0.2) is 18.3 Å². The molecular weight excluding hydrogens is 146 g/mol. The Morgan fingerprint density at radius 2 is 2.30 bits per heavy atom. The highest BCUT2D eigenvalue weighted by Crippen LogP contribution is 2.39. The molecule has 0 aromatic carbocycles. The van der Waals surface area contributed by atoms with Gasteiger partial charge in [-0.1, -0.05) is 11.6 Å². The van der Waals surface area contributed by atoms with Crippen molar-refractivity contribution < 1.29 is 0 Å². The minimum Gasteiger partial charge on any atom is -0.261 e. The average Bonchev–Trinajstić information content (AvgIpc) is 2.68. The van der Waals surface area contributed by atoms with E-state index < -0.39 is 0 Å². The summed E-state index contributed by atoms with van der Waals surface area (Å²) in [6, 6.07) is 3.77. The van der Waals surface area contributed by atoms with Gasteiger partial charge in [-0.15, -0.1) is 0 Å². The molecule has 2 heteroatoms. The average molecular weight is 154 g/mol.